The SMILES string of the molecule is Brc1ccc(/C=C/c2cc[nH+]cc2)cc1.O.O.[Cl-]. The lowest BCUT2D eigenvalue weighted by Gasteiger charge is -1.93. The molecule has 0 aliphatic carbocycles. The maximum Gasteiger partial charge on any atom is 0.167 e. The summed E-state index contributed by atoms with van der Waals surface area (Å²) in [6.45, 7) is 0. The highest BCUT2D eigenvalue weighted by molar-refractivity contribution is 9.10. The molecule has 18 heavy (non-hydrogen) atoms. The Hall–Kier alpha value is -1.20. The zero-order chi connectivity index (χ0) is 10.5. The van der Waals surface area contributed by atoms with Crippen LogP contribution in [0.2, 0.25) is 0 Å². The van der Waals surface area contributed by atoms with Crippen LogP contribution in [0.3, 0.4) is 0 Å². The van der Waals surface area contributed by atoms with Gasteiger partial charge in [-0.05, 0) is 23.3 Å². The molecule has 0 spiro atoms. The lowest BCUT2D eigenvalue weighted by atomic mass is 10.2. The Kier molecular flexibility index (Phi) is 10.4. The van der Waals surface area contributed by atoms with Gasteiger partial charge in [0.25, 0.3) is 0 Å². The Balaban J connectivity index is 0. The summed E-state index contributed by atoms with van der Waals surface area (Å²) in [5.41, 5.74) is 2.39. The fourth-order valence-electron chi connectivity index (χ4n) is 1.28. The first kappa shape index (κ1) is 19.1. The normalized spacial score (nSPS) is 8.94. The van der Waals surface area contributed by atoms with E-state index in [0.717, 1.165) is 4.47 Å². The van der Waals surface area contributed by atoms with Gasteiger partial charge in [0.15, 0.2) is 12.4 Å². The zero-order valence-corrected chi connectivity index (χ0v) is 11.9. The number of aromatic nitrogens is 1. The molecule has 2 rings (SSSR count). The molecule has 5 N–H and O–H groups in total. The fraction of sp³-hybridized carbons (Fsp3) is 0. The van der Waals surface area contributed by atoms with E-state index in [-0.39, 0.29) is 23.4 Å². The van der Waals surface area contributed by atoms with Crippen molar-refractivity contribution in [3.8, 4) is 0 Å². The van der Waals surface area contributed by atoms with Gasteiger partial charge in [-0.2, -0.15) is 0 Å². The quantitative estimate of drug-likeness (QED) is 0.662. The maximum absolute atomic E-state index is 3.41. The van der Waals surface area contributed by atoms with Crippen LogP contribution < -0.4 is 17.4 Å². The highest BCUT2D eigenvalue weighted by Crippen LogP contribution is 2.12. The van der Waals surface area contributed by atoms with Crippen molar-refractivity contribution < 1.29 is 28.3 Å². The van der Waals surface area contributed by atoms with Crippen LogP contribution in [-0.4, -0.2) is 11.0 Å². The van der Waals surface area contributed by atoms with Crippen LogP contribution >= 0.6 is 15.9 Å². The van der Waals surface area contributed by atoms with Crippen LogP contribution in [0.5, 0.6) is 0 Å². The summed E-state index contributed by atoms with van der Waals surface area (Å²) < 4.78 is 1.11. The lowest BCUT2D eigenvalue weighted by Crippen LogP contribution is -3.00. The van der Waals surface area contributed by atoms with Gasteiger partial charge in [-0.1, -0.05) is 40.2 Å². The number of H-pyrrole nitrogens is 1. The summed E-state index contributed by atoms with van der Waals surface area (Å²) in [4.78, 5) is 3.00. The third-order valence-electron chi connectivity index (χ3n) is 2.08. The van der Waals surface area contributed by atoms with Crippen LogP contribution in [0.15, 0.2) is 53.3 Å². The molecule has 0 bridgehead atoms. The predicted octanol–water partition coefficient (Wildman–Crippen LogP) is -1.21. The number of pyridine rings is 1. The van der Waals surface area contributed by atoms with Gasteiger partial charge >= 0.3 is 0 Å². The van der Waals surface area contributed by atoms with Crippen molar-refractivity contribution in [2.24, 2.45) is 0 Å². The highest BCUT2D eigenvalue weighted by Gasteiger charge is 1.89. The summed E-state index contributed by atoms with van der Waals surface area (Å²) in [5, 5.41) is 0. The minimum atomic E-state index is 0. The average molecular weight is 333 g/mol. The van der Waals surface area contributed by atoms with Gasteiger partial charge in [-0.3, -0.25) is 0 Å². The van der Waals surface area contributed by atoms with Gasteiger partial charge in [-0.25, -0.2) is 4.98 Å². The molecular formula is C13H15BrClNO2. The van der Waals surface area contributed by atoms with Crippen LogP contribution in [0.4, 0.5) is 0 Å². The first-order valence-electron chi connectivity index (χ1n) is 4.74. The minimum Gasteiger partial charge on any atom is -1.00 e. The van der Waals surface area contributed by atoms with Crippen LogP contribution in [0.25, 0.3) is 12.2 Å². The standard InChI is InChI=1S/C13H10BrN.ClH.2H2O/c14-13-5-3-11(4-6-13)1-2-12-7-9-15-10-8-12;;;/h1-10H;1H;2*1H2/b2-1+;;;. The minimum absolute atomic E-state index is 0. The number of rotatable bonds is 2. The number of hydrogen-bond acceptors (Lipinski definition) is 0. The number of benzene rings is 1. The van der Waals surface area contributed by atoms with Crippen molar-refractivity contribution in [2.75, 3.05) is 0 Å². The van der Waals surface area contributed by atoms with E-state index < -0.39 is 0 Å². The fourth-order valence-corrected chi connectivity index (χ4v) is 1.54. The molecule has 1 heterocycles. The van der Waals surface area contributed by atoms with Crippen LogP contribution in [0.1, 0.15) is 11.1 Å². The Labute approximate surface area is 121 Å². The second-order valence-corrected chi connectivity index (χ2v) is 4.13. The van der Waals surface area contributed by atoms with Crippen molar-refractivity contribution in [1.29, 1.82) is 0 Å². The van der Waals surface area contributed by atoms with Gasteiger partial charge in [0, 0.05) is 16.6 Å². The molecule has 2 aromatic rings. The monoisotopic (exact) mass is 331 g/mol. The Morgan fingerprint density at radius 2 is 1.22 bits per heavy atom. The van der Waals surface area contributed by atoms with E-state index in [1.165, 1.54) is 11.1 Å². The second-order valence-electron chi connectivity index (χ2n) is 3.22. The molecule has 0 aliphatic rings. The molecule has 0 fully saturated rings. The molecule has 0 amide bonds. The van der Waals surface area contributed by atoms with Crippen LogP contribution in [-0.2, 0) is 0 Å². The largest absolute Gasteiger partial charge is 1.00 e. The summed E-state index contributed by atoms with van der Waals surface area (Å²) in [6.07, 6.45) is 8.03. The molecule has 0 saturated heterocycles. The highest BCUT2D eigenvalue weighted by atomic mass is 79.9. The Morgan fingerprint density at radius 3 is 1.72 bits per heavy atom. The molecule has 5 heteroatoms. The van der Waals surface area contributed by atoms with Gasteiger partial charge < -0.3 is 23.4 Å². The van der Waals surface area contributed by atoms with Crippen molar-refractivity contribution in [1.82, 2.24) is 0 Å². The molecule has 98 valence electrons. The van der Waals surface area contributed by atoms with E-state index in [1.807, 2.05) is 36.7 Å². The van der Waals surface area contributed by atoms with Gasteiger partial charge in [-0.15, -0.1) is 0 Å². The Morgan fingerprint density at radius 1 is 0.778 bits per heavy atom. The van der Waals surface area contributed by atoms with E-state index in [0.29, 0.717) is 0 Å². The smallest absolute Gasteiger partial charge is 0.167 e. The van der Waals surface area contributed by atoms with E-state index >= 15 is 0 Å². The number of aromatic amines is 1. The first-order chi connectivity index (χ1) is 7.34. The molecule has 1 aromatic heterocycles. The lowest BCUT2D eigenvalue weighted by molar-refractivity contribution is -0.378. The Bertz CT molecular complexity index is 460. The predicted molar refractivity (Wildman–Crippen MR) is 73.3 cm³/mol. The molecule has 0 aliphatic heterocycles. The van der Waals surface area contributed by atoms with Crippen molar-refractivity contribution >= 4 is 28.1 Å². The number of halogens is 2. The van der Waals surface area contributed by atoms with E-state index in [2.05, 4.69) is 45.2 Å². The molecule has 0 radical (unpaired) electrons. The molecule has 0 unspecified atom stereocenters. The van der Waals surface area contributed by atoms with Crippen molar-refractivity contribution in [2.45, 2.75) is 0 Å². The van der Waals surface area contributed by atoms with Gasteiger partial charge in [0.2, 0.25) is 0 Å². The van der Waals surface area contributed by atoms with E-state index in [1.54, 1.807) is 0 Å². The number of hydrogen-bond donors (Lipinski definition) is 0. The summed E-state index contributed by atoms with van der Waals surface area (Å²) >= 11 is 3.41. The first-order valence-corrected chi connectivity index (χ1v) is 5.54. The zero-order valence-electron chi connectivity index (χ0n) is 9.53. The maximum atomic E-state index is 3.41. The van der Waals surface area contributed by atoms with Gasteiger partial charge in [0.1, 0.15) is 0 Å². The third-order valence-corrected chi connectivity index (χ3v) is 2.61. The average Bonchev–Trinajstić information content (AvgIpc) is 2.30. The summed E-state index contributed by atoms with van der Waals surface area (Å²) in [5.74, 6) is 0. The van der Waals surface area contributed by atoms with Crippen molar-refractivity contribution in [3.63, 3.8) is 0 Å². The van der Waals surface area contributed by atoms with Gasteiger partial charge in [0.05, 0.1) is 0 Å². The second kappa shape index (κ2) is 9.79. The molecule has 1 aromatic carbocycles. The third kappa shape index (κ3) is 5.93. The molecule has 3 nitrogen and oxygen atoms in total. The topological polar surface area (TPSA) is 77.1 Å². The summed E-state index contributed by atoms with van der Waals surface area (Å²) in [7, 11) is 0. The van der Waals surface area contributed by atoms with Crippen molar-refractivity contribution in [3.05, 3.63) is 64.4 Å². The van der Waals surface area contributed by atoms with Crippen LogP contribution in [0, 0.1) is 0 Å². The number of nitrogens with one attached hydrogen (secondary N) is 1. The van der Waals surface area contributed by atoms with E-state index in [9.17, 15) is 0 Å². The molecule has 0 atom stereocenters. The molecule has 0 saturated carbocycles. The molecular weight excluding hydrogens is 318 g/mol. The summed E-state index contributed by atoms with van der Waals surface area (Å²) in [6, 6.07) is 12.3. The van der Waals surface area contributed by atoms with E-state index in [4.69, 9.17) is 0 Å².